The highest BCUT2D eigenvalue weighted by Gasteiger charge is 2.54. The lowest BCUT2D eigenvalue weighted by atomic mass is 9.74. The highest BCUT2D eigenvalue weighted by atomic mass is 19.1. The molecular weight excluding hydrogens is 1160 g/mol. The number of anilines is 2. The molecular formula is C60H87F2N9O17. The number of cyclic esters (lactones) is 3. The van der Waals surface area contributed by atoms with E-state index in [9.17, 15) is 53.5 Å². The van der Waals surface area contributed by atoms with Crippen LogP contribution in [0.25, 0.3) is 10.4 Å². The van der Waals surface area contributed by atoms with Crippen molar-refractivity contribution in [1.29, 1.82) is 0 Å². The van der Waals surface area contributed by atoms with Crippen molar-refractivity contribution in [2.45, 2.75) is 204 Å². The first-order valence-electron chi connectivity index (χ1n) is 29.9. The van der Waals surface area contributed by atoms with Crippen LogP contribution in [-0.2, 0) is 60.4 Å². The molecule has 488 valence electrons. The Balaban J connectivity index is 0.000000555. The third-order valence-corrected chi connectivity index (χ3v) is 17.8. The van der Waals surface area contributed by atoms with E-state index in [-0.39, 0.29) is 45.4 Å². The summed E-state index contributed by atoms with van der Waals surface area (Å²) >= 11 is 0. The van der Waals surface area contributed by atoms with Gasteiger partial charge in [0.15, 0.2) is 12.6 Å². The van der Waals surface area contributed by atoms with Gasteiger partial charge in [-0.1, -0.05) is 50.2 Å². The Morgan fingerprint density at radius 1 is 0.841 bits per heavy atom. The van der Waals surface area contributed by atoms with Crippen LogP contribution in [0.5, 0.6) is 0 Å². The van der Waals surface area contributed by atoms with Crippen molar-refractivity contribution in [1.82, 2.24) is 19.9 Å². The van der Waals surface area contributed by atoms with Crippen LogP contribution >= 0.6 is 0 Å². The summed E-state index contributed by atoms with van der Waals surface area (Å²) in [6.07, 6.45) is -10.9. The number of ketones is 1. The molecule has 0 aliphatic carbocycles. The van der Waals surface area contributed by atoms with Crippen LogP contribution in [0.4, 0.5) is 29.7 Å². The van der Waals surface area contributed by atoms with E-state index < -0.39 is 156 Å². The molecule has 8 rings (SSSR count). The van der Waals surface area contributed by atoms with Crippen molar-refractivity contribution < 1.29 is 91.4 Å². The van der Waals surface area contributed by atoms with Gasteiger partial charge < -0.3 is 68.3 Å². The number of carbonyl (C=O) groups excluding carboxylic acids is 4. The quantitative estimate of drug-likeness (QED) is 0.0382. The lowest BCUT2D eigenvalue weighted by Crippen LogP contribution is -2.61. The molecule has 20 atom stereocenters. The topological polar surface area (TPSA) is 332 Å². The van der Waals surface area contributed by atoms with Crippen molar-refractivity contribution in [3.63, 3.8) is 0 Å². The number of rotatable bonds is 16. The Kier molecular flexibility index (Phi) is 23.1. The first kappa shape index (κ1) is 69.5. The molecule has 26 nitrogen and oxygen atoms in total. The normalized spacial score (nSPS) is 36.8. The second-order valence-electron chi connectivity index (χ2n) is 24.8. The number of halogens is 2. The van der Waals surface area contributed by atoms with Gasteiger partial charge in [0.1, 0.15) is 53.5 Å². The van der Waals surface area contributed by atoms with Gasteiger partial charge in [-0.05, 0) is 110 Å². The van der Waals surface area contributed by atoms with Gasteiger partial charge in [0.05, 0.1) is 90.9 Å². The minimum Gasteiger partial charge on any atom is -0.459 e. The summed E-state index contributed by atoms with van der Waals surface area (Å²) in [5.41, 5.74) is 4.58. The van der Waals surface area contributed by atoms with Crippen LogP contribution < -0.4 is 9.80 Å². The van der Waals surface area contributed by atoms with Crippen LogP contribution in [0.3, 0.4) is 0 Å². The Labute approximate surface area is 510 Å². The maximum Gasteiger partial charge on any atom is 0.414 e. The second-order valence-corrected chi connectivity index (χ2v) is 24.8. The Morgan fingerprint density at radius 2 is 1.45 bits per heavy atom. The number of aliphatic hydroxyl groups is 5. The van der Waals surface area contributed by atoms with Gasteiger partial charge in [-0.15, -0.1) is 5.10 Å². The monoisotopic (exact) mass is 1240 g/mol. The molecule has 5 N–H and O–H groups in total. The van der Waals surface area contributed by atoms with Gasteiger partial charge in [-0.3, -0.25) is 19.4 Å². The predicted molar refractivity (Wildman–Crippen MR) is 311 cm³/mol. The minimum absolute atomic E-state index is 0.0445. The van der Waals surface area contributed by atoms with Gasteiger partial charge in [-0.2, -0.15) is 0 Å². The van der Waals surface area contributed by atoms with Crippen LogP contribution in [0.1, 0.15) is 101 Å². The first-order valence-corrected chi connectivity index (χ1v) is 29.9. The zero-order valence-corrected chi connectivity index (χ0v) is 52.0. The third-order valence-electron chi connectivity index (χ3n) is 17.8. The largest absolute Gasteiger partial charge is 0.459 e. The van der Waals surface area contributed by atoms with Gasteiger partial charge in [-0.25, -0.2) is 23.1 Å². The number of aromatic nitrogens is 3. The molecule has 5 fully saturated rings. The molecule has 28 heteroatoms. The molecule has 3 aromatic rings. The molecule has 0 radical (unpaired) electrons. The molecule has 0 unspecified atom stereocenters. The number of nitrogens with zero attached hydrogens (tertiary/aromatic N) is 9. The van der Waals surface area contributed by atoms with Crippen LogP contribution in [0.15, 0.2) is 59.8 Å². The zero-order valence-electron chi connectivity index (χ0n) is 52.0. The predicted octanol–water partition coefficient (Wildman–Crippen LogP) is 5.62. The highest BCUT2D eigenvalue weighted by molar-refractivity contribution is 5.90. The van der Waals surface area contributed by atoms with E-state index in [2.05, 4.69) is 20.3 Å². The van der Waals surface area contributed by atoms with E-state index >= 15 is 0 Å². The van der Waals surface area contributed by atoms with Gasteiger partial charge >= 0.3 is 18.2 Å². The van der Waals surface area contributed by atoms with Gasteiger partial charge in [0.2, 0.25) is 0 Å². The van der Waals surface area contributed by atoms with Crippen LogP contribution in [0, 0.1) is 35.3 Å². The van der Waals surface area contributed by atoms with E-state index in [1.165, 1.54) is 74.1 Å². The number of hydrogen-bond acceptors (Lipinski definition) is 21. The minimum atomic E-state index is -2.05. The summed E-state index contributed by atoms with van der Waals surface area (Å²) in [5.74, 6) is -6.25. The molecule has 1 aromatic heterocycles. The fraction of sp³-hybridized carbons (Fsp3) is 0.700. The van der Waals surface area contributed by atoms with Crippen LogP contribution in [0.2, 0.25) is 0 Å². The average Bonchev–Trinajstić information content (AvgIpc) is 3.31. The number of aliphatic hydroxyl groups excluding tert-OH is 3. The van der Waals surface area contributed by atoms with E-state index in [1.807, 2.05) is 18.9 Å². The molecule has 0 saturated carbocycles. The van der Waals surface area contributed by atoms with E-state index in [4.69, 9.17) is 43.4 Å². The Bertz CT molecular complexity index is 2920. The highest BCUT2D eigenvalue weighted by Crippen LogP contribution is 2.41. The standard InChI is InChI=1S/C50H78FN5O15.C10H9FN4O2/c1-13-37-50(10,64)42(59)28(4)39(57)26(2)21-48(8,63)44(29(5)41(30(6)45(61)69-37)70-38-22-49(9,65-12)43(60)31(7)67-38)71-46-40(58)36(19-27(3)66-46)54(11)18-17-33-23-55(53-52-33)24-35-25-56(47(62)68-35)34-16-14-15-32(51)20-34;11-7-2-1-3-8(4-7)15-6-9(5-13-14-12)17-10(15)16/h14-16,20,23,26-31,35-38,40-44,46,58-60,63-64H,13,17-19,21-22,24-25H2,1-12H3;1-4,9H,5-6H2/t26-,27-,28+,29+,30-,31+,35+,36+,37-,38+,40-,41+,42-,43+,44-,46+,48-,49-,50-;9-/m10/s1. The lowest BCUT2D eigenvalue weighted by Gasteiger charge is -2.49. The summed E-state index contributed by atoms with van der Waals surface area (Å²) in [6, 6.07) is 10.9. The number of carbonyl (C=O) groups is 4. The summed E-state index contributed by atoms with van der Waals surface area (Å²) in [5, 5.41) is 71.1. The van der Waals surface area contributed by atoms with Gasteiger partial charge in [0, 0.05) is 61.4 Å². The number of azide groups is 1. The molecule has 2 amide bonds. The molecule has 5 aliphatic rings. The molecule has 0 bridgehead atoms. The van der Waals surface area contributed by atoms with E-state index in [1.54, 1.807) is 64.6 Å². The number of likely N-dealkylation sites (N-methyl/N-ethyl adjacent to an activating group) is 1. The smallest absolute Gasteiger partial charge is 0.414 e. The Morgan fingerprint density at radius 3 is 2.05 bits per heavy atom. The van der Waals surface area contributed by atoms with E-state index in [0.717, 1.165) is 0 Å². The van der Waals surface area contributed by atoms with Crippen molar-refractivity contribution in [3.05, 3.63) is 82.5 Å². The zero-order chi connectivity index (χ0) is 64.7. The SMILES string of the molecule is CC[C@H]1OC(=O)[C@H](C)[C@@H](O[C@H]2C[C@@](C)(OC)[C@@H](O)[C@H](C)O2)[C@H](C)[C@@H](O[C@@H]2O[C@H](C)C[C@H](N(C)CCc3cn(C[C@H]4CN(c5cccc(F)c5)C(=O)O4)nn3)[C@H]2O)[C@](C)(O)C[C@@H](C)C(=O)[C@H](C)[C@@H](O)[C@]1(C)O.[N-]=[N+]=NC[C@H]1CN(c2cccc(F)c2)C(=O)O1. The fourth-order valence-electron chi connectivity index (χ4n) is 12.6. The van der Waals surface area contributed by atoms with Crippen LogP contribution in [-0.4, -0.2) is 206 Å². The fourth-order valence-corrected chi connectivity index (χ4v) is 12.6. The number of Topliss-reactive ketones (excluding diaryl/α,β-unsaturated/α-hetero) is 1. The summed E-state index contributed by atoms with van der Waals surface area (Å²) in [7, 11) is 3.32. The lowest BCUT2D eigenvalue weighted by molar-refractivity contribution is -0.318. The molecule has 5 aliphatic heterocycles. The summed E-state index contributed by atoms with van der Waals surface area (Å²) in [4.78, 5) is 59.8. The van der Waals surface area contributed by atoms with Gasteiger partial charge in [0.25, 0.3) is 0 Å². The molecule has 6 heterocycles. The number of benzene rings is 2. The first-order chi connectivity index (χ1) is 41.4. The molecule has 0 spiro atoms. The number of esters is 1. The van der Waals surface area contributed by atoms with Crippen molar-refractivity contribution in [2.24, 2.45) is 28.8 Å². The average molecular weight is 1240 g/mol. The number of methoxy groups -OCH3 is 1. The third kappa shape index (κ3) is 16.3. The molecule has 2 aromatic carbocycles. The second kappa shape index (κ2) is 29.3. The molecule has 88 heavy (non-hydrogen) atoms. The maximum atomic E-state index is 14.4. The molecule has 5 saturated heterocycles. The van der Waals surface area contributed by atoms with Crippen molar-refractivity contribution >= 4 is 35.3 Å². The number of ether oxygens (including phenoxy) is 8. The number of hydrogen-bond donors (Lipinski definition) is 5. The summed E-state index contributed by atoms with van der Waals surface area (Å²) < 4.78 is 76.7. The number of amides is 2. The van der Waals surface area contributed by atoms with E-state index in [0.29, 0.717) is 36.5 Å². The van der Waals surface area contributed by atoms with Crippen molar-refractivity contribution in [3.8, 4) is 0 Å². The van der Waals surface area contributed by atoms with Crippen molar-refractivity contribution in [2.75, 3.05) is 50.1 Å². The Hall–Kier alpha value is -6.01. The summed E-state index contributed by atoms with van der Waals surface area (Å²) in [6.45, 7) is 17.3. The maximum absolute atomic E-state index is 14.4.